The van der Waals surface area contributed by atoms with Crippen molar-refractivity contribution in [2.75, 3.05) is 32.8 Å². The highest BCUT2D eigenvalue weighted by atomic mass is 35.5. The number of amides is 1. The van der Waals surface area contributed by atoms with E-state index in [4.69, 9.17) is 28.3 Å². The summed E-state index contributed by atoms with van der Waals surface area (Å²) in [4.78, 5) is 19.4. The summed E-state index contributed by atoms with van der Waals surface area (Å²) in [6.07, 6.45) is 1.58. The first kappa shape index (κ1) is 14.5. The smallest absolute Gasteiger partial charge is 0.248 e. The van der Waals surface area contributed by atoms with Crippen LogP contribution in [0.15, 0.2) is 12.3 Å². The molecule has 1 N–H and O–H groups in total. The molecule has 1 aromatic rings. The Bertz CT molecular complexity index is 462. The van der Waals surface area contributed by atoms with Crippen LogP contribution in [0.2, 0.25) is 10.0 Å². The summed E-state index contributed by atoms with van der Waals surface area (Å²) in [5, 5.41) is 9.88. The molecule has 1 amide bonds. The Morgan fingerprint density at radius 3 is 2.58 bits per heavy atom. The second-order valence-electron chi connectivity index (χ2n) is 4.40. The van der Waals surface area contributed by atoms with Gasteiger partial charge in [-0.1, -0.05) is 23.2 Å². The van der Waals surface area contributed by atoms with Gasteiger partial charge in [0.25, 0.3) is 0 Å². The largest absolute Gasteiger partial charge is 0.387 e. The zero-order valence-electron chi connectivity index (χ0n) is 10.4. The van der Waals surface area contributed by atoms with Gasteiger partial charge in [-0.25, -0.2) is 0 Å². The minimum atomic E-state index is -0.426. The lowest BCUT2D eigenvalue weighted by atomic mass is 10.2. The summed E-state index contributed by atoms with van der Waals surface area (Å²) in [5.74, 6) is -0.220. The Morgan fingerprint density at radius 1 is 1.32 bits per heavy atom. The number of aromatic nitrogens is 1. The lowest BCUT2D eigenvalue weighted by Crippen LogP contribution is -2.49. The van der Waals surface area contributed by atoms with Crippen molar-refractivity contribution in [1.29, 1.82) is 0 Å². The molecule has 104 valence electrons. The molecule has 7 heteroatoms. The predicted molar refractivity (Wildman–Crippen MR) is 73.2 cm³/mol. The fourth-order valence-electron chi connectivity index (χ4n) is 2.03. The molecule has 1 aromatic heterocycles. The van der Waals surface area contributed by atoms with Crippen molar-refractivity contribution in [3.8, 4) is 0 Å². The lowest BCUT2D eigenvalue weighted by molar-refractivity contribution is -0.136. The predicted octanol–water partition coefficient (Wildman–Crippen LogP) is 1.02. The van der Waals surface area contributed by atoms with E-state index in [0.717, 1.165) is 18.8 Å². The highest BCUT2D eigenvalue weighted by Gasteiger charge is 2.21. The van der Waals surface area contributed by atoms with Gasteiger partial charge in [0.2, 0.25) is 5.91 Å². The van der Waals surface area contributed by atoms with Gasteiger partial charge < -0.3 is 10.0 Å². The fraction of sp³-hybridized carbons (Fsp3) is 0.500. The third-order valence-corrected chi connectivity index (χ3v) is 3.65. The van der Waals surface area contributed by atoms with Crippen molar-refractivity contribution in [1.82, 2.24) is 14.8 Å². The Hall–Kier alpha value is -0.880. The van der Waals surface area contributed by atoms with Gasteiger partial charge in [0.05, 0.1) is 15.7 Å². The molecule has 0 bridgehead atoms. The van der Waals surface area contributed by atoms with E-state index in [-0.39, 0.29) is 5.91 Å². The quantitative estimate of drug-likeness (QED) is 0.906. The minimum absolute atomic E-state index is 0.220. The number of hydrogen-bond donors (Lipinski definition) is 1. The van der Waals surface area contributed by atoms with E-state index in [1.54, 1.807) is 17.2 Å². The molecule has 1 aliphatic heterocycles. The molecular weight excluding hydrogens is 289 g/mol. The molecule has 0 saturated carbocycles. The number of aliphatic hydroxyl groups excluding tert-OH is 1. The zero-order valence-corrected chi connectivity index (χ0v) is 11.9. The number of aliphatic hydroxyl groups is 1. The van der Waals surface area contributed by atoms with Crippen molar-refractivity contribution in [2.45, 2.75) is 6.54 Å². The number of carbonyl (C=O) groups is 1. The highest BCUT2D eigenvalue weighted by Crippen LogP contribution is 2.20. The molecule has 2 rings (SSSR count). The molecule has 0 radical (unpaired) electrons. The van der Waals surface area contributed by atoms with Crippen molar-refractivity contribution in [3.63, 3.8) is 0 Å². The Balaban J connectivity index is 1.90. The van der Waals surface area contributed by atoms with Crippen LogP contribution in [0, 0.1) is 0 Å². The van der Waals surface area contributed by atoms with E-state index in [1.165, 1.54) is 0 Å². The van der Waals surface area contributed by atoms with Crippen LogP contribution < -0.4 is 0 Å². The first-order valence-electron chi connectivity index (χ1n) is 6.01. The summed E-state index contributed by atoms with van der Waals surface area (Å²) < 4.78 is 0. The van der Waals surface area contributed by atoms with Crippen LogP contribution in [0.3, 0.4) is 0 Å². The summed E-state index contributed by atoms with van der Waals surface area (Å²) in [6.45, 7) is 2.93. The molecular formula is C12H15Cl2N3O2. The van der Waals surface area contributed by atoms with Crippen molar-refractivity contribution in [3.05, 3.63) is 28.0 Å². The minimum Gasteiger partial charge on any atom is -0.387 e. The molecule has 0 aromatic carbocycles. The monoisotopic (exact) mass is 303 g/mol. The topological polar surface area (TPSA) is 56.7 Å². The standard InChI is InChI=1S/C12H15Cl2N3O2/c13-9-5-10(14)11(15-6-9)7-16-1-3-17(4-2-16)12(19)8-18/h5-6,18H,1-4,7-8H2. The number of carbonyl (C=O) groups excluding carboxylic acids is 1. The van der Waals surface area contributed by atoms with E-state index in [9.17, 15) is 4.79 Å². The Kier molecular flexibility index (Phi) is 4.99. The number of piperazine rings is 1. The molecule has 19 heavy (non-hydrogen) atoms. The van der Waals surface area contributed by atoms with Gasteiger partial charge in [-0.15, -0.1) is 0 Å². The van der Waals surface area contributed by atoms with Gasteiger partial charge in [0.1, 0.15) is 6.61 Å². The molecule has 2 heterocycles. The average Bonchev–Trinajstić information content (AvgIpc) is 2.42. The second-order valence-corrected chi connectivity index (χ2v) is 5.24. The third kappa shape index (κ3) is 3.79. The Labute approximate surface area is 121 Å². The van der Waals surface area contributed by atoms with Crippen LogP contribution in [0.25, 0.3) is 0 Å². The summed E-state index contributed by atoms with van der Waals surface area (Å²) >= 11 is 11.9. The van der Waals surface area contributed by atoms with Crippen LogP contribution >= 0.6 is 23.2 Å². The second kappa shape index (κ2) is 6.52. The highest BCUT2D eigenvalue weighted by molar-refractivity contribution is 6.34. The van der Waals surface area contributed by atoms with Crippen LogP contribution in [0.1, 0.15) is 5.69 Å². The van der Waals surface area contributed by atoms with Gasteiger partial charge in [-0.3, -0.25) is 14.7 Å². The molecule has 5 nitrogen and oxygen atoms in total. The average molecular weight is 304 g/mol. The first-order chi connectivity index (χ1) is 9.10. The summed E-state index contributed by atoms with van der Waals surface area (Å²) in [5.41, 5.74) is 0.785. The molecule has 0 spiro atoms. The van der Waals surface area contributed by atoms with E-state index < -0.39 is 6.61 Å². The van der Waals surface area contributed by atoms with E-state index in [2.05, 4.69) is 9.88 Å². The van der Waals surface area contributed by atoms with Crippen LogP contribution in [0.4, 0.5) is 0 Å². The molecule has 0 aliphatic carbocycles. The SMILES string of the molecule is O=C(CO)N1CCN(Cc2ncc(Cl)cc2Cl)CC1. The molecule has 1 fully saturated rings. The van der Waals surface area contributed by atoms with E-state index in [1.807, 2.05) is 0 Å². The molecule has 1 saturated heterocycles. The van der Waals surface area contributed by atoms with Gasteiger partial charge >= 0.3 is 0 Å². The van der Waals surface area contributed by atoms with Crippen molar-refractivity contribution in [2.24, 2.45) is 0 Å². The van der Waals surface area contributed by atoms with E-state index >= 15 is 0 Å². The van der Waals surface area contributed by atoms with Crippen LogP contribution in [-0.4, -0.2) is 58.6 Å². The number of rotatable bonds is 3. The zero-order chi connectivity index (χ0) is 13.8. The summed E-state index contributed by atoms with van der Waals surface area (Å²) in [6, 6.07) is 1.68. The maximum Gasteiger partial charge on any atom is 0.248 e. The van der Waals surface area contributed by atoms with Gasteiger partial charge in [-0.05, 0) is 6.07 Å². The van der Waals surface area contributed by atoms with E-state index in [0.29, 0.717) is 29.7 Å². The van der Waals surface area contributed by atoms with Crippen molar-refractivity contribution >= 4 is 29.1 Å². The maximum atomic E-state index is 11.3. The third-order valence-electron chi connectivity index (χ3n) is 3.12. The number of pyridine rings is 1. The molecule has 1 aliphatic rings. The van der Waals surface area contributed by atoms with Gasteiger partial charge in [0.15, 0.2) is 0 Å². The molecule has 0 atom stereocenters. The normalized spacial score (nSPS) is 16.7. The summed E-state index contributed by atoms with van der Waals surface area (Å²) in [7, 11) is 0. The lowest BCUT2D eigenvalue weighted by Gasteiger charge is -2.34. The van der Waals surface area contributed by atoms with Crippen LogP contribution in [-0.2, 0) is 11.3 Å². The van der Waals surface area contributed by atoms with Crippen molar-refractivity contribution < 1.29 is 9.90 Å². The number of nitrogens with zero attached hydrogens (tertiary/aromatic N) is 3. The van der Waals surface area contributed by atoms with Gasteiger partial charge in [-0.2, -0.15) is 0 Å². The van der Waals surface area contributed by atoms with Crippen LogP contribution in [0.5, 0.6) is 0 Å². The first-order valence-corrected chi connectivity index (χ1v) is 6.76. The fourth-order valence-corrected chi connectivity index (χ4v) is 2.47. The molecule has 0 unspecified atom stereocenters. The Morgan fingerprint density at radius 2 is 2.00 bits per heavy atom. The maximum absolute atomic E-state index is 11.3. The van der Waals surface area contributed by atoms with Gasteiger partial charge in [0, 0.05) is 38.9 Å². The number of halogens is 2. The number of hydrogen-bond acceptors (Lipinski definition) is 4.